The van der Waals surface area contributed by atoms with E-state index in [9.17, 15) is 0 Å². The van der Waals surface area contributed by atoms with E-state index in [4.69, 9.17) is 5.73 Å². The van der Waals surface area contributed by atoms with Crippen LogP contribution < -0.4 is 5.73 Å². The normalized spacial score (nSPS) is 10.4. The van der Waals surface area contributed by atoms with Gasteiger partial charge in [0.2, 0.25) is 5.95 Å². The molecule has 2 aromatic rings. The van der Waals surface area contributed by atoms with Gasteiger partial charge in [-0.25, -0.2) is 0 Å². The smallest absolute Gasteiger partial charge is 0.232 e. The van der Waals surface area contributed by atoms with Gasteiger partial charge in [0.15, 0.2) is 0 Å². The molecule has 0 radical (unpaired) electrons. The van der Waals surface area contributed by atoms with E-state index in [1.807, 2.05) is 25.1 Å². The molecule has 1 aromatic heterocycles. The molecule has 5 heteroatoms. The second-order valence-electron chi connectivity index (χ2n) is 2.94. The maximum absolute atomic E-state index is 5.47. The Labute approximate surface area is 94.3 Å². The Balaban J connectivity index is 2.52. The summed E-state index contributed by atoms with van der Waals surface area (Å²) in [7, 11) is 0. The molecule has 0 saturated carbocycles. The fourth-order valence-corrected chi connectivity index (χ4v) is 2.58. The van der Waals surface area contributed by atoms with Crippen LogP contribution in [0.1, 0.15) is 5.56 Å². The van der Waals surface area contributed by atoms with Crippen molar-refractivity contribution in [3.05, 3.63) is 28.2 Å². The van der Waals surface area contributed by atoms with E-state index in [1.165, 1.54) is 17.1 Å². The fraction of sp³-hybridized carbons (Fsp3) is 0.111. The third-order valence-electron chi connectivity index (χ3n) is 1.80. The predicted octanol–water partition coefficient (Wildman–Crippen LogP) is 2.86. The van der Waals surface area contributed by atoms with Crippen LogP contribution in [0.25, 0.3) is 10.6 Å². The summed E-state index contributed by atoms with van der Waals surface area (Å²) in [6, 6.07) is 6.10. The number of anilines is 1. The minimum Gasteiger partial charge on any atom is -0.367 e. The van der Waals surface area contributed by atoms with Gasteiger partial charge in [0, 0.05) is 10.0 Å². The van der Waals surface area contributed by atoms with Gasteiger partial charge in [0.05, 0.1) is 0 Å². The molecule has 0 aliphatic rings. The van der Waals surface area contributed by atoms with Crippen molar-refractivity contribution in [2.75, 3.05) is 5.73 Å². The number of nitrogens with two attached hydrogens (primary N) is 1. The third kappa shape index (κ3) is 1.78. The van der Waals surface area contributed by atoms with Crippen molar-refractivity contribution in [2.24, 2.45) is 0 Å². The molecule has 2 rings (SSSR count). The molecule has 0 amide bonds. The van der Waals surface area contributed by atoms with Crippen LogP contribution in [-0.4, -0.2) is 9.36 Å². The highest BCUT2D eigenvalue weighted by molar-refractivity contribution is 9.10. The number of hydrogen-bond acceptors (Lipinski definition) is 4. The largest absolute Gasteiger partial charge is 0.367 e. The summed E-state index contributed by atoms with van der Waals surface area (Å²) in [5.41, 5.74) is 7.71. The molecule has 0 aliphatic heterocycles. The van der Waals surface area contributed by atoms with Crippen molar-refractivity contribution in [2.45, 2.75) is 6.92 Å². The number of benzene rings is 1. The first-order valence-corrected chi connectivity index (χ1v) is 5.59. The Morgan fingerprint density at radius 2 is 2.21 bits per heavy atom. The van der Waals surface area contributed by atoms with E-state index >= 15 is 0 Å². The summed E-state index contributed by atoms with van der Waals surface area (Å²) in [5.74, 6) is 0.331. The van der Waals surface area contributed by atoms with Crippen LogP contribution in [0.3, 0.4) is 0 Å². The highest BCUT2D eigenvalue weighted by Gasteiger charge is 2.07. The summed E-state index contributed by atoms with van der Waals surface area (Å²) < 4.78 is 4.97. The molecule has 0 aliphatic carbocycles. The fourth-order valence-electron chi connectivity index (χ4n) is 1.14. The van der Waals surface area contributed by atoms with Crippen LogP contribution in [0.5, 0.6) is 0 Å². The van der Waals surface area contributed by atoms with Crippen LogP contribution in [-0.2, 0) is 0 Å². The lowest BCUT2D eigenvalue weighted by molar-refractivity contribution is 1.33. The number of nitrogens with zero attached hydrogens (tertiary/aromatic N) is 2. The summed E-state index contributed by atoms with van der Waals surface area (Å²) in [4.78, 5) is 4.13. The first kappa shape index (κ1) is 9.61. The van der Waals surface area contributed by atoms with E-state index < -0.39 is 0 Å². The zero-order valence-electron chi connectivity index (χ0n) is 7.49. The van der Waals surface area contributed by atoms with Gasteiger partial charge in [-0.1, -0.05) is 28.1 Å². The number of aromatic nitrogens is 2. The summed E-state index contributed by atoms with van der Waals surface area (Å²) in [6.45, 7) is 2.04. The van der Waals surface area contributed by atoms with Crippen LogP contribution in [0.4, 0.5) is 5.95 Å². The van der Waals surface area contributed by atoms with Gasteiger partial charge in [0.1, 0.15) is 5.01 Å². The molecule has 0 atom stereocenters. The molecule has 0 fully saturated rings. The minimum absolute atomic E-state index is 0.331. The van der Waals surface area contributed by atoms with E-state index in [-0.39, 0.29) is 0 Å². The van der Waals surface area contributed by atoms with Crippen molar-refractivity contribution in [1.29, 1.82) is 0 Å². The highest BCUT2D eigenvalue weighted by Crippen LogP contribution is 2.30. The number of hydrogen-bond donors (Lipinski definition) is 1. The molecule has 3 nitrogen and oxygen atoms in total. The lowest BCUT2D eigenvalue weighted by Crippen LogP contribution is -1.86. The van der Waals surface area contributed by atoms with Gasteiger partial charge in [-0.3, -0.25) is 0 Å². The maximum atomic E-state index is 5.47. The van der Waals surface area contributed by atoms with Gasteiger partial charge in [0.25, 0.3) is 0 Å². The minimum atomic E-state index is 0.331. The second kappa shape index (κ2) is 3.67. The Morgan fingerprint density at radius 3 is 2.79 bits per heavy atom. The standard InChI is InChI=1S/C9H8BrN3S/c1-5-2-3-6(7(10)4-5)8-12-9(11)13-14-8/h2-4H,1H3,(H2,11,13). The monoisotopic (exact) mass is 269 g/mol. The van der Waals surface area contributed by atoms with Gasteiger partial charge in [-0.2, -0.15) is 9.36 Å². The first-order chi connectivity index (χ1) is 6.66. The van der Waals surface area contributed by atoms with Gasteiger partial charge >= 0.3 is 0 Å². The Kier molecular flexibility index (Phi) is 2.52. The van der Waals surface area contributed by atoms with Crippen LogP contribution in [0.2, 0.25) is 0 Å². The molecular formula is C9H8BrN3S. The number of rotatable bonds is 1. The molecule has 1 heterocycles. The van der Waals surface area contributed by atoms with Crippen LogP contribution in [0, 0.1) is 6.92 Å². The molecule has 0 saturated heterocycles. The molecule has 0 bridgehead atoms. The van der Waals surface area contributed by atoms with E-state index in [2.05, 4.69) is 25.3 Å². The zero-order valence-corrected chi connectivity index (χ0v) is 9.89. The van der Waals surface area contributed by atoms with Gasteiger partial charge in [-0.15, -0.1) is 0 Å². The van der Waals surface area contributed by atoms with Crippen molar-refractivity contribution < 1.29 is 0 Å². The lowest BCUT2D eigenvalue weighted by atomic mass is 10.2. The average Bonchev–Trinajstić information content (AvgIpc) is 2.51. The van der Waals surface area contributed by atoms with Crippen LogP contribution in [0.15, 0.2) is 22.7 Å². The second-order valence-corrected chi connectivity index (χ2v) is 4.55. The Hall–Kier alpha value is -0.940. The number of nitrogen functional groups attached to an aromatic ring is 1. The predicted molar refractivity (Wildman–Crippen MR) is 62.2 cm³/mol. The highest BCUT2D eigenvalue weighted by atomic mass is 79.9. The summed E-state index contributed by atoms with van der Waals surface area (Å²) >= 11 is 4.80. The number of halogens is 1. The van der Waals surface area contributed by atoms with Crippen LogP contribution >= 0.6 is 27.5 Å². The topological polar surface area (TPSA) is 51.8 Å². The van der Waals surface area contributed by atoms with Gasteiger partial charge < -0.3 is 5.73 Å². The van der Waals surface area contributed by atoms with Crippen molar-refractivity contribution >= 4 is 33.4 Å². The van der Waals surface area contributed by atoms with Crippen molar-refractivity contribution in [3.63, 3.8) is 0 Å². The molecule has 1 aromatic carbocycles. The molecule has 0 spiro atoms. The summed E-state index contributed by atoms with van der Waals surface area (Å²) in [6.07, 6.45) is 0. The molecule has 72 valence electrons. The SMILES string of the molecule is Cc1ccc(-c2nc(N)ns2)c(Br)c1. The first-order valence-electron chi connectivity index (χ1n) is 4.02. The Morgan fingerprint density at radius 1 is 1.43 bits per heavy atom. The van der Waals surface area contributed by atoms with E-state index in [0.29, 0.717) is 5.95 Å². The molecule has 0 unspecified atom stereocenters. The molecule has 14 heavy (non-hydrogen) atoms. The van der Waals surface area contributed by atoms with Crippen molar-refractivity contribution in [1.82, 2.24) is 9.36 Å². The van der Waals surface area contributed by atoms with Crippen molar-refractivity contribution in [3.8, 4) is 10.6 Å². The Bertz CT molecular complexity index is 467. The molecule has 2 N–H and O–H groups in total. The lowest BCUT2D eigenvalue weighted by Gasteiger charge is -2.00. The third-order valence-corrected chi connectivity index (χ3v) is 3.22. The quantitative estimate of drug-likeness (QED) is 0.866. The van der Waals surface area contributed by atoms with E-state index in [0.717, 1.165) is 15.0 Å². The van der Waals surface area contributed by atoms with Gasteiger partial charge in [-0.05, 0) is 30.1 Å². The zero-order chi connectivity index (χ0) is 10.1. The number of aryl methyl sites for hydroxylation is 1. The maximum Gasteiger partial charge on any atom is 0.232 e. The van der Waals surface area contributed by atoms with E-state index in [1.54, 1.807) is 0 Å². The summed E-state index contributed by atoms with van der Waals surface area (Å²) in [5, 5.41) is 0.842. The molecular weight excluding hydrogens is 262 g/mol. The average molecular weight is 270 g/mol.